The number of hydrogen-bond acceptors (Lipinski definition) is 2. The third-order valence-electron chi connectivity index (χ3n) is 3.23. The molecule has 1 fully saturated rings. The molecule has 1 atom stereocenters. The molecule has 0 aromatic rings. The Kier molecular flexibility index (Phi) is 2.16. The first-order chi connectivity index (χ1) is 4.98. The molecule has 2 nitrogen and oxygen atoms in total. The van der Waals surface area contributed by atoms with Crippen LogP contribution >= 0.6 is 0 Å². The lowest BCUT2D eigenvalue weighted by atomic mass is 9.91. The van der Waals surface area contributed by atoms with Crippen molar-refractivity contribution >= 4 is 8.56 Å². The fourth-order valence-corrected chi connectivity index (χ4v) is 5.96. The topological polar surface area (TPSA) is 18.5 Å². The largest absolute Gasteiger partial charge is 0.397 e. The second kappa shape index (κ2) is 2.57. The van der Waals surface area contributed by atoms with Gasteiger partial charge in [-0.3, -0.25) is 0 Å². The highest BCUT2D eigenvalue weighted by Crippen LogP contribution is 2.57. The third kappa shape index (κ3) is 1.15. The monoisotopic (exact) mass is 174 g/mol. The second-order valence-corrected chi connectivity index (χ2v) is 7.77. The predicted octanol–water partition coefficient (Wildman–Crippen LogP) is 2.15. The smallest absolute Gasteiger partial charge is 0.341 e. The van der Waals surface area contributed by atoms with E-state index >= 15 is 0 Å². The Hall–Kier alpha value is 0.137. The van der Waals surface area contributed by atoms with Crippen molar-refractivity contribution in [3.63, 3.8) is 0 Å². The first kappa shape index (κ1) is 9.23. The van der Waals surface area contributed by atoms with Crippen LogP contribution < -0.4 is 0 Å². The quantitative estimate of drug-likeness (QED) is 0.597. The summed E-state index contributed by atoms with van der Waals surface area (Å²) in [6.07, 6.45) is 0. The van der Waals surface area contributed by atoms with E-state index in [-0.39, 0.29) is 0 Å². The Balaban J connectivity index is 2.66. The summed E-state index contributed by atoms with van der Waals surface area (Å²) < 4.78 is 11.0. The van der Waals surface area contributed by atoms with Crippen LogP contribution in [0.5, 0.6) is 0 Å². The molecule has 0 N–H and O–H groups in total. The molecule has 11 heavy (non-hydrogen) atoms. The maximum absolute atomic E-state index is 5.49. The summed E-state index contributed by atoms with van der Waals surface area (Å²) in [7, 11) is 1.83. The Morgan fingerprint density at radius 1 is 1.27 bits per heavy atom. The first-order valence-corrected chi connectivity index (χ1v) is 6.19. The summed E-state index contributed by atoms with van der Waals surface area (Å²) >= 11 is 0. The van der Waals surface area contributed by atoms with Crippen LogP contribution in [0, 0.1) is 5.41 Å². The summed E-state index contributed by atoms with van der Waals surface area (Å²) in [5, 5.41) is 0. The van der Waals surface area contributed by atoms with E-state index in [1.165, 1.54) is 0 Å². The van der Waals surface area contributed by atoms with Gasteiger partial charge < -0.3 is 8.85 Å². The molecule has 1 heterocycles. The Morgan fingerprint density at radius 2 is 1.73 bits per heavy atom. The Labute approximate surface area is 70.1 Å². The minimum Gasteiger partial charge on any atom is -0.397 e. The zero-order valence-electron chi connectivity index (χ0n) is 8.10. The van der Waals surface area contributed by atoms with Crippen molar-refractivity contribution in [2.75, 3.05) is 14.2 Å². The zero-order chi connectivity index (χ0) is 8.70. The van der Waals surface area contributed by atoms with Crippen molar-refractivity contribution < 1.29 is 8.85 Å². The molecule has 3 heteroatoms. The van der Waals surface area contributed by atoms with E-state index in [0.29, 0.717) is 11.0 Å². The molecule has 0 bridgehead atoms. The van der Waals surface area contributed by atoms with Gasteiger partial charge in [-0.2, -0.15) is 0 Å². The maximum atomic E-state index is 5.49. The summed E-state index contributed by atoms with van der Waals surface area (Å²) in [4.78, 5) is 0. The highest BCUT2D eigenvalue weighted by Gasteiger charge is 2.61. The van der Waals surface area contributed by atoms with Crippen molar-refractivity contribution in [2.45, 2.75) is 32.4 Å². The molecule has 0 aromatic carbocycles. The minimum absolute atomic E-state index is 0.429. The van der Waals surface area contributed by atoms with E-state index in [0.717, 1.165) is 6.04 Å². The van der Waals surface area contributed by atoms with Crippen LogP contribution in [0.3, 0.4) is 0 Å². The predicted molar refractivity (Wildman–Crippen MR) is 47.8 cm³/mol. The molecule has 1 aliphatic heterocycles. The van der Waals surface area contributed by atoms with Crippen LogP contribution in [0.15, 0.2) is 0 Å². The van der Waals surface area contributed by atoms with Crippen LogP contribution in [-0.4, -0.2) is 22.8 Å². The van der Waals surface area contributed by atoms with Crippen LogP contribution in [0.4, 0.5) is 0 Å². The Bertz CT molecular complexity index is 152. The van der Waals surface area contributed by atoms with Gasteiger partial charge in [-0.1, -0.05) is 20.8 Å². The molecule has 0 aromatic heterocycles. The molecule has 66 valence electrons. The molecular formula is C8H18O2Si. The van der Waals surface area contributed by atoms with Gasteiger partial charge in [0, 0.05) is 19.8 Å². The van der Waals surface area contributed by atoms with Crippen molar-refractivity contribution in [3.8, 4) is 0 Å². The third-order valence-corrected chi connectivity index (χ3v) is 8.11. The molecule has 0 amide bonds. The van der Waals surface area contributed by atoms with Crippen molar-refractivity contribution in [3.05, 3.63) is 0 Å². The van der Waals surface area contributed by atoms with E-state index < -0.39 is 8.56 Å². The van der Waals surface area contributed by atoms with Gasteiger partial charge in [0.05, 0.1) is 0 Å². The molecule has 0 aliphatic carbocycles. The number of hydrogen-bond donors (Lipinski definition) is 0. The van der Waals surface area contributed by atoms with E-state index in [2.05, 4.69) is 20.8 Å². The van der Waals surface area contributed by atoms with E-state index in [1.807, 2.05) is 0 Å². The molecule has 1 aliphatic rings. The zero-order valence-corrected chi connectivity index (χ0v) is 9.10. The van der Waals surface area contributed by atoms with Gasteiger partial charge in [0.2, 0.25) is 0 Å². The van der Waals surface area contributed by atoms with Gasteiger partial charge in [0.25, 0.3) is 0 Å². The molecule has 0 radical (unpaired) electrons. The summed E-state index contributed by atoms with van der Waals surface area (Å²) in [5.74, 6) is 0. The molecule has 1 saturated heterocycles. The van der Waals surface area contributed by atoms with Crippen LogP contribution in [0.25, 0.3) is 0 Å². The van der Waals surface area contributed by atoms with Gasteiger partial charge in [-0.05, 0) is 11.5 Å². The standard InChI is InChI=1S/C8H18O2Si/c1-7-8(2,3)6-11(7,9-4)10-5/h7H,6H2,1-5H3. The fraction of sp³-hybridized carbons (Fsp3) is 1.00. The average Bonchev–Trinajstić information content (AvgIpc) is 1.99. The normalized spacial score (nSPS) is 33.0. The number of rotatable bonds is 2. The van der Waals surface area contributed by atoms with Gasteiger partial charge >= 0.3 is 8.56 Å². The van der Waals surface area contributed by atoms with E-state index in [9.17, 15) is 0 Å². The van der Waals surface area contributed by atoms with E-state index in [4.69, 9.17) is 8.85 Å². The second-order valence-electron chi connectivity index (χ2n) is 4.11. The van der Waals surface area contributed by atoms with Gasteiger partial charge in [0.15, 0.2) is 0 Å². The lowest BCUT2D eigenvalue weighted by molar-refractivity contribution is 0.136. The minimum atomic E-state index is -1.73. The highest BCUT2D eigenvalue weighted by molar-refractivity contribution is 6.72. The fourth-order valence-electron chi connectivity index (χ4n) is 1.99. The molecule has 1 rings (SSSR count). The highest BCUT2D eigenvalue weighted by atomic mass is 28.4. The summed E-state index contributed by atoms with van der Waals surface area (Å²) in [6.45, 7) is 6.80. The summed E-state index contributed by atoms with van der Waals surface area (Å²) in [5.41, 5.74) is 1.04. The summed E-state index contributed by atoms with van der Waals surface area (Å²) in [6, 6.07) is 1.13. The van der Waals surface area contributed by atoms with E-state index in [1.54, 1.807) is 14.2 Å². The maximum Gasteiger partial charge on any atom is 0.341 e. The van der Waals surface area contributed by atoms with Crippen LogP contribution in [0.2, 0.25) is 11.6 Å². The molecule has 0 spiro atoms. The van der Waals surface area contributed by atoms with Gasteiger partial charge in [-0.25, -0.2) is 0 Å². The molecule has 1 unspecified atom stereocenters. The molecular weight excluding hydrogens is 156 g/mol. The Morgan fingerprint density at radius 3 is 1.82 bits per heavy atom. The van der Waals surface area contributed by atoms with Crippen LogP contribution in [-0.2, 0) is 8.85 Å². The average molecular weight is 174 g/mol. The van der Waals surface area contributed by atoms with Crippen molar-refractivity contribution in [1.29, 1.82) is 0 Å². The van der Waals surface area contributed by atoms with Crippen molar-refractivity contribution in [2.24, 2.45) is 5.41 Å². The van der Waals surface area contributed by atoms with Crippen molar-refractivity contribution in [1.82, 2.24) is 0 Å². The first-order valence-electron chi connectivity index (χ1n) is 4.09. The molecule has 0 saturated carbocycles. The van der Waals surface area contributed by atoms with Gasteiger partial charge in [0.1, 0.15) is 0 Å². The SMILES string of the molecule is CO[Si]1(OC)CC(C)(C)C1C. The van der Waals surface area contributed by atoms with Gasteiger partial charge in [-0.15, -0.1) is 0 Å². The lowest BCUT2D eigenvalue weighted by Crippen LogP contribution is -2.60. The lowest BCUT2D eigenvalue weighted by Gasteiger charge is -2.54. The van der Waals surface area contributed by atoms with Crippen LogP contribution in [0.1, 0.15) is 20.8 Å².